The molecule has 0 aliphatic rings. The average Bonchev–Trinajstić information content (AvgIpc) is 2.21. The number of ether oxygens (including phenoxy) is 2. The molecule has 1 atom stereocenters. The van der Waals surface area contributed by atoms with Crippen molar-refractivity contribution in [3.8, 4) is 5.88 Å². The van der Waals surface area contributed by atoms with Crippen molar-refractivity contribution in [1.29, 1.82) is 0 Å². The SMILES string of the molecule is COCC(C)Oc1ncc(C(=O)O)cc1Cl. The van der Waals surface area contributed by atoms with E-state index in [1.165, 1.54) is 12.3 Å². The van der Waals surface area contributed by atoms with Crippen LogP contribution in [0.4, 0.5) is 0 Å². The number of rotatable bonds is 5. The standard InChI is InChI=1S/C10H12ClNO4/c1-6(5-15-2)16-9-8(11)3-7(4-12-9)10(13)14/h3-4,6H,5H2,1-2H3,(H,13,14). The molecule has 1 aromatic heterocycles. The van der Waals surface area contributed by atoms with Gasteiger partial charge in [0, 0.05) is 13.3 Å². The maximum atomic E-state index is 10.6. The summed E-state index contributed by atoms with van der Waals surface area (Å²) in [5.41, 5.74) is 0.0248. The molecular formula is C10H12ClNO4. The number of pyridine rings is 1. The Labute approximate surface area is 98.0 Å². The number of aromatic nitrogens is 1. The topological polar surface area (TPSA) is 68.7 Å². The van der Waals surface area contributed by atoms with E-state index >= 15 is 0 Å². The van der Waals surface area contributed by atoms with Crippen LogP contribution in [0.15, 0.2) is 12.3 Å². The molecule has 0 bridgehead atoms. The first-order valence-corrected chi connectivity index (χ1v) is 4.96. The lowest BCUT2D eigenvalue weighted by atomic mass is 10.3. The molecule has 5 nitrogen and oxygen atoms in total. The van der Waals surface area contributed by atoms with E-state index in [0.29, 0.717) is 6.61 Å². The molecule has 0 fully saturated rings. The van der Waals surface area contributed by atoms with E-state index in [1.807, 2.05) is 0 Å². The first kappa shape index (κ1) is 12.7. The van der Waals surface area contributed by atoms with Gasteiger partial charge < -0.3 is 14.6 Å². The van der Waals surface area contributed by atoms with Crippen LogP contribution in [0, 0.1) is 0 Å². The molecule has 1 heterocycles. The zero-order chi connectivity index (χ0) is 12.1. The second-order valence-corrected chi connectivity index (χ2v) is 3.61. The summed E-state index contributed by atoms with van der Waals surface area (Å²) in [7, 11) is 1.56. The second kappa shape index (κ2) is 5.67. The molecule has 0 aliphatic carbocycles. The van der Waals surface area contributed by atoms with E-state index in [1.54, 1.807) is 14.0 Å². The zero-order valence-corrected chi connectivity index (χ0v) is 9.69. The maximum Gasteiger partial charge on any atom is 0.337 e. The Morgan fingerprint density at radius 2 is 2.38 bits per heavy atom. The minimum Gasteiger partial charge on any atom is -0.478 e. The number of methoxy groups -OCH3 is 1. The molecule has 0 saturated carbocycles. The molecule has 0 aliphatic heterocycles. The third-order valence-electron chi connectivity index (χ3n) is 1.77. The number of carboxylic acid groups (broad SMARTS) is 1. The highest BCUT2D eigenvalue weighted by atomic mass is 35.5. The smallest absolute Gasteiger partial charge is 0.337 e. The summed E-state index contributed by atoms with van der Waals surface area (Å²) in [6, 6.07) is 1.30. The molecule has 16 heavy (non-hydrogen) atoms. The summed E-state index contributed by atoms with van der Waals surface area (Å²) >= 11 is 5.83. The molecule has 1 rings (SSSR count). The largest absolute Gasteiger partial charge is 0.478 e. The third kappa shape index (κ3) is 3.36. The summed E-state index contributed by atoms with van der Waals surface area (Å²) in [6.07, 6.45) is 0.994. The van der Waals surface area contributed by atoms with Crippen molar-refractivity contribution in [3.05, 3.63) is 22.8 Å². The van der Waals surface area contributed by atoms with Gasteiger partial charge in [0.1, 0.15) is 11.1 Å². The fraction of sp³-hybridized carbons (Fsp3) is 0.400. The van der Waals surface area contributed by atoms with Crippen molar-refractivity contribution in [1.82, 2.24) is 4.98 Å². The second-order valence-electron chi connectivity index (χ2n) is 3.20. The molecular weight excluding hydrogens is 234 g/mol. The Bertz CT molecular complexity index is 383. The summed E-state index contributed by atoms with van der Waals surface area (Å²) < 4.78 is 10.2. The number of aromatic carboxylic acids is 1. The van der Waals surface area contributed by atoms with Crippen molar-refractivity contribution in [3.63, 3.8) is 0 Å². The van der Waals surface area contributed by atoms with Gasteiger partial charge in [-0.15, -0.1) is 0 Å². The first-order valence-electron chi connectivity index (χ1n) is 4.59. The summed E-state index contributed by atoms with van der Waals surface area (Å²) in [6.45, 7) is 2.20. The van der Waals surface area contributed by atoms with Gasteiger partial charge >= 0.3 is 5.97 Å². The van der Waals surface area contributed by atoms with Crippen molar-refractivity contribution < 1.29 is 19.4 Å². The molecule has 0 radical (unpaired) electrons. The number of halogens is 1. The van der Waals surface area contributed by atoms with E-state index < -0.39 is 5.97 Å². The van der Waals surface area contributed by atoms with Gasteiger partial charge in [0.15, 0.2) is 0 Å². The summed E-state index contributed by atoms with van der Waals surface area (Å²) in [5, 5.41) is 8.88. The third-order valence-corrected chi connectivity index (χ3v) is 2.04. The van der Waals surface area contributed by atoms with Crippen LogP contribution in [-0.2, 0) is 4.74 Å². The molecule has 0 saturated heterocycles. The zero-order valence-electron chi connectivity index (χ0n) is 8.94. The maximum absolute atomic E-state index is 10.6. The van der Waals surface area contributed by atoms with E-state index in [9.17, 15) is 4.79 Å². The van der Waals surface area contributed by atoms with Crippen LogP contribution in [0.2, 0.25) is 5.02 Å². The Hall–Kier alpha value is -1.33. The minimum absolute atomic E-state index is 0.0248. The highest BCUT2D eigenvalue weighted by Gasteiger charge is 2.12. The molecule has 1 unspecified atom stereocenters. The lowest BCUT2D eigenvalue weighted by molar-refractivity contribution is 0.0695. The Morgan fingerprint density at radius 1 is 1.69 bits per heavy atom. The van der Waals surface area contributed by atoms with Gasteiger partial charge in [-0.2, -0.15) is 0 Å². The number of hydrogen-bond donors (Lipinski definition) is 1. The number of nitrogens with zero attached hydrogens (tertiary/aromatic N) is 1. The Kier molecular flexibility index (Phi) is 4.52. The fourth-order valence-electron chi connectivity index (χ4n) is 1.09. The van der Waals surface area contributed by atoms with Crippen molar-refractivity contribution >= 4 is 17.6 Å². The molecule has 1 aromatic rings. The number of carbonyl (C=O) groups is 1. The Morgan fingerprint density at radius 3 is 2.88 bits per heavy atom. The van der Waals surface area contributed by atoms with Crippen molar-refractivity contribution in [2.45, 2.75) is 13.0 Å². The van der Waals surface area contributed by atoms with Crippen LogP contribution in [0.3, 0.4) is 0 Å². The molecule has 6 heteroatoms. The lowest BCUT2D eigenvalue weighted by Gasteiger charge is -2.13. The summed E-state index contributed by atoms with van der Waals surface area (Å²) in [4.78, 5) is 14.5. The molecule has 0 amide bonds. The Balaban J connectivity index is 2.79. The van der Waals surface area contributed by atoms with Gasteiger partial charge in [0.25, 0.3) is 0 Å². The van der Waals surface area contributed by atoms with E-state index in [0.717, 1.165) is 0 Å². The van der Waals surface area contributed by atoms with Gasteiger partial charge in [-0.1, -0.05) is 11.6 Å². The number of hydrogen-bond acceptors (Lipinski definition) is 4. The summed E-state index contributed by atoms with van der Waals surface area (Å²) in [5.74, 6) is -0.873. The normalized spacial score (nSPS) is 12.2. The highest BCUT2D eigenvalue weighted by Crippen LogP contribution is 2.23. The van der Waals surface area contributed by atoms with E-state index in [4.69, 9.17) is 26.2 Å². The minimum atomic E-state index is -1.08. The quantitative estimate of drug-likeness (QED) is 0.857. The van der Waals surface area contributed by atoms with Gasteiger partial charge in [0.2, 0.25) is 5.88 Å². The average molecular weight is 246 g/mol. The van der Waals surface area contributed by atoms with Gasteiger partial charge in [0.05, 0.1) is 12.2 Å². The first-order chi connectivity index (χ1) is 7.54. The van der Waals surface area contributed by atoms with Crippen LogP contribution in [-0.4, -0.2) is 35.9 Å². The van der Waals surface area contributed by atoms with Crippen LogP contribution < -0.4 is 4.74 Å². The molecule has 0 spiro atoms. The van der Waals surface area contributed by atoms with Crippen LogP contribution in [0.25, 0.3) is 0 Å². The highest BCUT2D eigenvalue weighted by molar-refractivity contribution is 6.32. The number of carboxylic acids is 1. The van der Waals surface area contributed by atoms with Crippen molar-refractivity contribution in [2.24, 2.45) is 0 Å². The van der Waals surface area contributed by atoms with Crippen LogP contribution in [0.1, 0.15) is 17.3 Å². The van der Waals surface area contributed by atoms with Crippen LogP contribution in [0.5, 0.6) is 5.88 Å². The molecule has 1 N–H and O–H groups in total. The molecule has 0 aromatic carbocycles. The fourth-order valence-corrected chi connectivity index (χ4v) is 1.30. The van der Waals surface area contributed by atoms with Gasteiger partial charge in [-0.3, -0.25) is 0 Å². The molecule has 88 valence electrons. The predicted molar refractivity (Wildman–Crippen MR) is 58.2 cm³/mol. The predicted octanol–water partition coefficient (Wildman–Crippen LogP) is 1.85. The monoisotopic (exact) mass is 245 g/mol. The van der Waals surface area contributed by atoms with E-state index in [-0.39, 0.29) is 22.6 Å². The van der Waals surface area contributed by atoms with Gasteiger partial charge in [-0.25, -0.2) is 9.78 Å². The van der Waals surface area contributed by atoms with E-state index in [2.05, 4.69) is 4.98 Å². The lowest BCUT2D eigenvalue weighted by Crippen LogP contribution is -2.18. The van der Waals surface area contributed by atoms with Crippen molar-refractivity contribution in [2.75, 3.05) is 13.7 Å². The van der Waals surface area contributed by atoms with Gasteiger partial charge in [-0.05, 0) is 13.0 Å². The van der Waals surface area contributed by atoms with Crippen LogP contribution >= 0.6 is 11.6 Å².